The van der Waals surface area contributed by atoms with Gasteiger partial charge < -0.3 is 24.4 Å². The smallest absolute Gasteiger partial charge is 0.306 e. The normalized spacial score (nSPS) is 30.1. The molecule has 0 radical (unpaired) electrons. The highest BCUT2D eigenvalue weighted by atomic mass is 19.1. The molecule has 0 aromatic carbocycles. The average molecular weight is 1060 g/mol. The monoisotopic (exact) mass is 1060 g/mol. The summed E-state index contributed by atoms with van der Waals surface area (Å²) >= 11 is 0. The summed E-state index contributed by atoms with van der Waals surface area (Å²) < 4.78 is 53.0. The molecule has 4 aliphatic carbocycles. The first-order chi connectivity index (χ1) is 36.3. The minimum absolute atomic E-state index is 0.0862. The fourth-order valence-electron chi connectivity index (χ4n) is 15.2. The SMILES string of the molecule is CCCCCCCCCCCCCCCC(CCCCCCCCCCCCCCC)N(CCO)CCCCCC(=O)OCC(=O)C12OC(CCC)OC1CC1C3CC(F)C4=CC(=O)CCC4(C)C3(F)C(O)CC12C. The van der Waals surface area contributed by atoms with Crippen LogP contribution in [0.2, 0.25) is 0 Å². The standard InChI is InChI=1S/C64H111F2NO8/c1-6-9-11-13-15-17-19-21-23-25-27-29-32-37-50(38-33-30-28-26-24-22-20-18-16-14-12-10-7-2)67(43-44-68)42-35-31-34-39-59(72)73-49-57(71)64-58(74-60(75-64)36-8-3)47-52-53-46-55(65)54-45-51(69)40-41-61(54,4)63(53,66)56(70)48-62(52,64)5/h45,50,52-53,55-56,58,60,68,70H,6-44,46-49H2,1-5H3. The van der Waals surface area contributed by atoms with E-state index in [0.29, 0.717) is 25.4 Å². The number of carbonyl (C=O) groups is 3. The summed E-state index contributed by atoms with van der Waals surface area (Å²) in [6, 6.07) is 0.450. The van der Waals surface area contributed by atoms with Gasteiger partial charge in [-0.2, -0.15) is 0 Å². The highest BCUT2D eigenvalue weighted by Crippen LogP contribution is 2.72. The highest BCUT2D eigenvalue weighted by molar-refractivity contribution is 5.93. The van der Waals surface area contributed by atoms with Crippen molar-refractivity contribution in [3.05, 3.63) is 11.6 Å². The molecule has 4 fully saturated rings. The molecule has 0 bridgehead atoms. The molecule has 10 atom stereocenters. The molecule has 1 saturated heterocycles. The van der Waals surface area contributed by atoms with E-state index in [9.17, 15) is 24.6 Å². The van der Waals surface area contributed by atoms with E-state index in [1.54, 1.807) is 6.92 Å². The van der Waals surface area contributed by atoms with Gasteiger partial charge in [0.15, 0.2) is 24.3 Å². The Balaban J connectivity index is 1.09. The zero-order chi connectivity index (χ0) is 54.2. The van der Waals surface area contributed by atoms with Gasteiger partial charge in [0.25, 0.3) is 0 Å². The van der Waals surface area contributed by atoms with E-state index in [4.69, 9.17) is 14.2 Å². The Bertz CT molecular complexity index is 1670. The number of ether oxygens (including phenoxy) is 3. The van der Waals surface area contributed by atoms with Crippen LogP contribution < -0.4 is 0 Å². The molecule has 3 saturated carbocycles. The van der Waals surface area contributed by atoms with Crippen molar-refractivity contribution in [1.29, 1.82) is 0 Å². The van der Waals surface area contributed by atoms with Crippen LogP contribution in [0.25, 0.3) is 0 Å². The summed E-state index contributed by atoms with van der Waals surface area (Å²) in [4.78, 5) is 43.0. The van der Waals surface area contributed by atoms with E-state index in [1.165, 1.54) is 173 Å². The highest BCUT2D eigenvalue weighted by Gasteiger charge is 2.80. The molecular formula is C64H111F2NO8. The van der Waals surface area contributed by atoms with Crippen LogP contribution in [0, 0.1) is 22.7 Å². The number of unbranched alkanes of at least 4 members (excludes halogenated alkanes) is 26. The number of rotatable bonds is 42. The van der Waals surface area contributed by atoms with E-state index in [2.05, 4.69) is 18.7 Å². The van der Waals surface area contributed by atoms with E-state index in [1.807, 2.05) is 13.8 Å². The van der Waals surface area contributed by atoms with Gasteiger partial charge in [0.1, 0.15) is 11.8 Å². The summed E-state index contributed by atoms with van der Waals surface area (Å²) in [5.41, 5.74) is -6.16. The second-order valence-corrected chi connectivity index (χ2v) is 25.0. The average Bonchev–Trinajstić information content (AvgIpc) is 3.87. The van der Waals surface area contributed by atoms with Gasteiger partial charge in [-0.25, -0.2) is 8.78 Å². The Hall–Kier alpha value is -1.79. The van der Waals surface area contributed by atoms with Gasteiger partial charge in [0.05, 0.1) is 18.8 Å². The van der Waals surface area contributed by atoms with Crippen LogP contribution in [-0.2, 0) is 28.6 Å². The molecule has 9 nitrogen and oxygen atoms in total. The third-order valence-electron chi connectivity index (χ3n) is 19.6. The molecule has 1 heterocycles. The van der Waals surface area contributed by atoms with E-state index < -0.39 is 77.0 Å². The van der Waals surface area contributed by atoms with Crippen LogP contribution in [0.15, 0.2) is 11.6 Å². The zero-order valence-electron chi connectivity index (χ0n) is 48.6. The first-order valence-electron chi connectivity index (χ1n) is 31.9. The number of alkyl halides is 2. The Morgan fingerprint density at radius 3 is 1.76 bits per heavy atom. The third-order valence-corrected chi connectivity index (χ3v) is 19.6. The third kappa shape index (κ3) is 16.9. The molecule has 5 rings (SSSR count). The number of Topliss-reactive ketones (excluding diaryl/α,β-unsaturated/α-hetero) is 1. The lowest BCUT2D eigenvalue weighted by Gasteiger charge is -2.64. The number of hydrogen-bond acceptors (Lipinski definition) is 9. The second-order valence-electron chi connectivity index (χ2n) is 25.0. The maximum absolute atomic E-state index is 18.0. The molecule has 0 aromatic rings. The van der Waals surface area contributed by atoms with Gasteiger partial charge in [-0.1, -0.05) is 214 Å². The lowest BCUT2D eigenvalue weighted by molar-refractivity contribution is -0.242. The summed E-state index contributed by atoms with van der Waals surface area (Å²) in [5, 5.41) is 22.2. The van der Waals surface area contributed by atoms with Crippen LogP contribution in [0.3, 0.4) is 0 Å². The topological polar surface area (TPSA) is 123 Å². The van der Waals surface area contributed by atoms with E-state index in [0.717, 1.165) is 38.6 Å². The number of carbonyl (C=O) groups excluding carboxylic acids is 3. The number of ketones is 2. The van der Waals surface area contributed by atoms with Crippen molar-refractivity contribution in [2.24, 2.45) is 22.7 Å². The van der Waals surface area contributed by atoms with Crippen LogP contribution in [0.1, 0.15) is 285 Å². The Morgan fingerprint density at radius 2 is 1.24 bits per heavy atom. The van der Waals surface area contributed by atoms with Gasteiger partial charge in [0.2, 0.25) is 5.78 Å². The fraction of sp³-hybridized carbons (Fsp3) is 0.922. The molecule has 1 aliphatic heterocycles. The van der Waals surface area contributed by atoms with Crippen LogP contribution in [0.4, 0.5) is 8.78 Å². The number of nitrogens with zero attached hydrogens (tertiary/aromatic N) is 1. The van der Waals surface area contributed by atoms with Crippen LogP contribution in [0.5, 0.6) is 0 Å². The maximum Gasteiger partial charge on any atom is 0.306 e. The number of allylic oxidation sites excluding steroid dienone is 1. The summed E-state index contributed by atoms with van der Waals surface area (Å²) in [5.74, 6) is -2.63. The largest absolute Gasteiger partial charge is 0.458 e. The molecule has 11 heteroatoms. The molecule has 0 spiro atoms. The molecule has 0 amide bonds. The number of aliphatic hydroxyl groups excluding tert-OH is 2. The van der Waals surface area contributed by atoms with Crippen LogP contribution in [-0.4, -0.2) is 101 Å². The van der Waals surface area contributed by atoms with Gasteiger partial charge in [0, 0.05) is 42.2 Å². The summed E-state index contributed by atoms with van der Waals surface area (Å²) in [6.45, 7) is 11.2. The van der Waals surface area contributed by atoms with Crippen molar-refractivity contribution in [3.63, 3.8) is 0 Å². The number of halogens is 2. The zero-order valence-corrected chi connectivity index (χ0v) is 48.6. The predicted molar refractivity (Wildman–Crippen MR) is 299 cm³/mol. The molecule has 10 unspecified atom stereocenters. The first-order valence-corrected chi connectivity index (χ1v) is 31.9. The second kappa shape index (κ2) is 33.1. The van der Waals surface area contributed by atoms with Crippen molar-refractivity contribution in [3.8, 4) is 0 Å². The fourth-order valence-corrected chi connectivity index (χ4v) is 15.2. The van der Waals surface area contributed by atoms with Crippen molar-refractivity contribution in [2.45, 2.75) is 327 Å². The van der Waals surface area contributed by atoms with E-state index in [-0.39, 0.29) is 56.5 Å². The summed E-state index contributed by atoms with van der Waals surface area (Å²) in [7, 11) is 0. The number of esters is 1. The Labute approximate surface area is 456 Å². The van der Waals surface area contributed by atoms with Crippen molar-refractivity contribution < 1.29 is 47.6 Å². The van der Waals surface area contributed by atoms with Crippen LogP contribution >= 0.6 is 0 Å². The lowest BCUT2D eigenvalue weighted by atomic mass is 9.43. The Kier molecular flexibility index (Phi) is 28.2. The summed E-state index contributed by atoms with van der Waals surface area (Å²) in [6.07, 6.45) is 37.9. The maximum atomic E-state index is 18.0. The van der Waals surface area contributed by atoms with Crippen molar-refractivity contribution in [2.75, 3.05) is 26.3 Å². The molecule has 434 valence electrons. The number of fused-ring (bicyclic) bond motifs is 7. The van der Waals surface area contributed by atoms with Gasteiger partial charge in [-0.3, -0.25) is 19.3 Å². The lowest BCUT2D eigenvalue weighted by Crippen LogP contribution is -2.71. The van der Waals surface area contributed by atoms with Crippen molar-refractivity contribution >= 4 is 17.5 Å². The van der Waals surface area contributed by atoms with Crippen molar-refractivity contribution in [1.82, 2.24) is 4.90 Å². The van der Waals surface area contributed by atoms with Gasteiger partial charge in [-0.15, -0.1) is 0 Å². The minimum Gasteiger partial charge on any atom is -0.458 e. The number of hydrogen-bond donors (Lipinski definition) is 2. The molecule has 75 heavy (non-hydrogen) atoms. The van der Waals surface area contributed by atoms with E-state index >= 15 is 8.78 Å². The molecule has 2 N–H and O–H groups in total. The quantitative estimate of drug-likeness (QED) is 0.0454. The first kappa shape index (κ1) is 64.0. The predicted octanol–water partition coefficient (Wildman–Crippen LogP) is 15.7. The van der Waals surface area contributed by atoms with Gasteiger partial charge in [-0.05, 0) is 81.9 Å². The number of aliphatic hydroxyl groups is 2. The molecule has 5 aliphatic rings. The minimum atomic E-state index is -2.21. The van der Waals surface area contributed by atoms with Gasteiger partial charge >= 0.3 is 5.97 Å². The Morgan fingerprint density at radius 1 is 0.720 bits per heavy atom. The molecular weight excluding hydrogens is 949 g/mol. The molecule has 0 aromatic heterocycles.